The molecule has 2 aliphatic heterocycles. The van der Waals surface area contributed by atoms with Gasteiger partial charge in [0.2, 0.25) is 11.8 Å². The van der Waals surface area contributed by atoms with Gasteiger partial charge in [-0.3, -0.25) is 4.79 Å². The van der Waals surface area contributed by atoms with Gasteiger partial charge in [0.05, 0.1) is 30.7 Å². The minimum atomic E-state index is -4.79. The lowest BCUT2D eigenvalue weighted by Crippen LogP contribution is -2.56. The summed E-state index contributed by atoms with van der Waals surface area (Å²) in [5, 5.41) is 2.64. The molecule has 10 nitrogen and oxygen atoms in total. The first-order valence-electron chi connectivity index (χ1n) is 15.0. The van der Waals surface area contributed by atoms with Gasteiger partial charge in [-0.15, -0.1) is 0 Å². The van der Waals surface area contributed by atoms with Crippen molar-refractivity contribution in [3.8, 4) is 11.6 Å². The van der Waals surface area contributed by atoms with E-state index in [0.29, 0.717) is 18.5 Å². The molecule has 2 amide bonds. The third-order valence-corrected chi connectivity index (χ3v) is 9.24. The Morgan fingerprint density at radius 3 is 2.49 bits per heavy atom. The van der Waals surface area contributed by atoms with E-state index in [-0.39, 0.29) is 36.3 Å². The minimum absolute atomic E-state index is 0.0587. The number of fused-ring (bicyclic) bond motifs is 5. The number of aromatic nitrogens is 2. The Labute approximate surface area is 258 Å². The third kappa shape index (κ3) is 5.99. The topological polar surface area (TPSA) is 120 Å². The van der Waals surface area contributed by atoms with Crippen LogP contribution < -0.4 is 14.8 Å². The van der Waals surface area contributed by atoms with Crippen LogP contribution in [0.1, 0.15) is 66.0 Å². The Kier molecular flexibility index (Phi) is 8.18. The van der Waals surface area contributed by atoms with Crippen LogP contribution in [0.4, 0.5) is 22.4 Å². The smallest absolute Gasteiger partial charge is 0.408 e. The number of rotatable bonds is 2. The molecule has 3 heterocycles. The number of nitrogens with zero attached hydrogens (tertiary/aromatic N) is 3. The third-order valence-electron chi connectivity index (χ3n) is 9.24. The first kappa shape index (κ1) is 32.7. The Morgan fingerprint density at radius 2 is 1.84 bits per heavy atom. The van der Waals surface area contributed by atoms with Gasteiger partial charge >= 0.3 is 17.9 Å². The van der Waals surface area contributed by atoms with Gasteiger partial charge in [-0.05, 0) is 43.7 Å². The number of amides is 2. The number of alkyl carbamates (subject to hydrolysis) is 1. The Bertz CT molecular complexity index is 1500. The van der Waals surface area contributed by atoms with Gasteiger partial charge < -0.3 is 29.2 Å². The number of aldehydes is 1. The number of hydrogen-bond donors (Lipinski definition) is 1. The number of halogens is 4. The van der Waals surface area contributed by atoms with Crippen molar-refractivity contribution >= 4 is 29.3 Å². The average molecular weight is 639 g/mol. The highest BCUT2D eigenvalue weighted by molar-refractivity contribution is 5.89. The van der Waals surface area contributed by atoms with Crippen LogP contribution in [-0.2, 0) is 20.2 Å². The zero-order valence-electron chi connectivity index (χ0n) is 26.0. The van der Waals surface area contributed by atoms with E-state index in [1.807, 2.05) is 0 Å². The van der Waals surface area contributed by atoms with Gasteiger partial charge in [-0.25, -0.2) is 14.8 Å². The van der Waals surface area contributed by atoms with Crippen LogP contribution in [0.25, 0.3) is 11.0 Å². The highest BCUT2D eigenvalue weighted by Gasteiger charge is 2.61. The van der Waals surface area contributed by atoms with Crippen molar-refractivity contribution in [2.75, 3.05) is 13.7 Å². The molecule has 1 saturated heterocycles. The second kappa shape index (κ2) is 11.3. The molecule has 1 aromatic heterocycles. The molecule has 0 spiro atoms. The molecule has 2 aromatic rings. The molecule has 246 valence electrons. The molecule has 5 rings (SSSR count). The number of benzene rings is 1. The van der Waals surface area contributed by atoms with Crippen LogP contribution in [0, 0.1) is 17.3 Å². The summed E-state index contributed by atoms with van der Waals surface area (Å²) in [4.78, 5) is 48.5. The highest BCUT2D eigenvalue weighted by Crippen LogP contribution is 2.52. The number of alkyl halides is 4. The molecule has 1 saturated carbocycles. The largest absolute Gasteiger partial charge is 0.497 e. The van der Waals surface area contributed by atoms with Crippen LogP contribution in [0.3, 0.4) is 0 Å². The average Bonchev–Trinajstić information content (AvgIpc) is 3.48. The minimum Gasteiger partial charge on any atom is -0.497 e. The van der Waals surface area contributed by atoms with Gasteiger partial charge in [-0.2, -0.15) is 17.6 Å². The molecule has 2 fully saturated rings. The van der Waals surface area contributed by atoms with Gasteiger partial charge in [0.15, 0.2) is 5.69 Å². The Morgan fingerprint density at radius 1 is 1.13 bits per heavy atom. The lowest BCUT2D eigenvalue weighted by atomic mass is 9.85. The van der Waals surface area contributed by atoms with E-state index in [4.69, 9.17) is 14.2 Å². The fourth-order valence-electron chi connectivity index (χ4n) is 6.18. The van der Waals surface area contributed by atoms with Crippen molar-refractivity contribution in [3.63, 3.8) is 0 Å². The quantitative estimate of drug-likeness (QED) is 0.350. The molecule has 1 aromatic carbocycles. The monoisotopic (exact) mass is 638 g/mol. The van der Waals surface area contributed by atoms with Crippen LogP contribution in [-0.4, -0.2) is 76.5 Å². The molecule has 1 N–H and O–H groups in total. The molecule has 45 heavy (non-hydrogen) atoms. The number of hydrogen-bond acceptors (Lipinski definition) is 8. The second-order valence-corrected chi connectivity index (χ2v) is 13.6. The molecule has 1 aliphatic carbocycles. The zero-order valence-corrected chi connectivity index (χ0v) is 26.0. The van der Waals surface area contributed by atoms with Crippen molar-refractivity contribution in [1.29, 1.82) is 0 Å². The molecule has 0 radical (unpaired) electrons. The lowest BCUT2D eigenvalue weighted by molar-refractivity contribution is -0.223. The summed E-state index contributed by atoms with van der Waals surface area (Å²) in [5.41, 5.74) is -3.18. The van der Waals surface area contributed by atoms with Gasteiger partial charge in [0, 0.05) is 24.3 Å². The van der Waals surface area contributed by atoms with E-state index in [2.05, 4.69) is 15.3 Å². The normalized spacial score (nSPS) is 31.8. The van der Waals surface area contributed by atoms with E-state index in [9.17, 15) is 14.4 Å². The van der Waals surface area contributed by atoms with Crippen LogP contribution >= 0.6 is 0 Å². The number of methoxy groups -OCH3 is 1. The SMILES string of the molecule is COc1ccc2nc3c(nc2c1)O[C@H]1CN(C(=O)[C@H](C(C)(C)C)NC(=O)O[C@]2(C)C[C@H]2CCCC(F)(F)C3(F)F)[C@H](C=O)[C@@H]1C. The standard InChI is InChI=1S/C31H38F4N4O6/c1-16-21(15-40)39-14-22(16)44-25-23(36-19-10-9-18(43-6)12-20(19)37-25)31(34,35)30(32,33)11-7-8-17-13-29(17,5)45-27(42)38-24(26(39)41)28(2,3)4/h9-10,12,15-17,21-22,24H,7-8,11,13-14H2,1-6H3,(H,38,42)/t16-,17+,21+,22-,24+,29+/m0/s1. The summed E-state index contributed by atoms with van der Waals surface area (Å²) in [6.07, 6.45) is -2.43. The maximum Gasteiger partial charge on any atom is 0.408 e. The van der Waals surface area contributed by atoms with E-state index in [0.717, 1.165) is 0 Å². The first-order chi connectivity index (χ1) is 20.9. The molecule has 14 heteroatoms. The Hall–Kier alpha value is -3.71. The van der Waals surface area contributed by atoms with Crippen molar-refractivity contribution in [1.82, 2.24) is 20.2 Å². The summed E-state index contributed by atoms with van der Waals surface area (Å²) in [7, 11) is 1.39. The van der Waals surface area contributed by atoms with Gasteiger partial charge in [0.25, 0.3) is 0 Å². The predicted octanol–water partition coefficient (Wildman–Crippen LogP) is 5.26. The van der Waals surface area contributed by atoms with Crippen molar-refractivity contribution in [2.24, 2.45) is 17.3 Å². The summed E-state index contributed by atoms with van der Waals surface area (Å²) in [6.45, 7) is 8.15. The zero-order chi connectivity index (χ0) is 33.1. The molecular weight excluding hydrogens is 600 g/mol. The van der Waals surface area contributed by atoms with Crippen molar-refractivity contribution < 1.29 is 46.2 Å². The molecule has 6 atom stereocenters. The number of ether oxygens (including phenoxy) is 3. The van der Waals surface area contributed by atoms with E-state index < -0.39 is 77.0 Å². The molecule has 0 unspecified atom stereocenters. The predicted molar refractivity (Wildman–Crippen MR) is 153 cm³/mol. The number of carbonyl (C=O) groups is 3. The maximum atomic E-state index is 15.9. The fourth-order valence-corrected chi connectivity index (χ4v) is 6.18. The van der Waals surface area contributed by atoms with Crippen LogP contribution in [0.15, 0.2) is 18.2 Å². The van der Waals surface area contributed by atoms with Crippen LogP contribution in [0.2, 0.25) is 0 Å². The number of nitrogens with one attached hydrogen (secondary N) is 1. The number of carbonyl (C=O) groups excluding carboxylic acids is 3. The molecule has 3 aliphatic rings. The summed E-state index contributed by atoms with van der Waals surface area (Å²) < 4.78 is 79.3. The summed E-state index contributed by atoms with van der Waals surface area (Å²) in [5.74, 6) is -11.5. The maximum absolute atomic E-state index is 15.9. The fraction of sp³-hybridized carbons (Fsp3) is 0.645. The lowest BCUT2D eigenvalue weighted by Gasteiger charge is -2.35. The van der Waals surface area contributed by atoms with Crippen molar-refractivity contribution in [2.45, 2.75) is 95.9 Å². The summed E-state index contributed by atoms with van der Waals surface area (Å²) >= 11 is 0. The van der Waals surface area contributed by atoms with Gasteiger partial charge in [0.1, 0.15) is 29.8 Å². The molecular formula is C31H38F4N4O6. The highest BCUT2D eigenvalue weighted by atomic mass is 19.3. The first-order valence-corrected chi connectivity index (χ1v) is 15.0. The van der Waals surface area contributed by atoms with Crippen LogP contribution in [0.5, 0.6) is 11.6 Å². The van der Waals surface area contributed by atoms with E-state index in [1.54, 1.807) is 34.6 Å². The van der Waals surface area contributed by atoms with E-state index in [1.165, 1.54) is 30.2 Å². The summed E-state index contributed by atoms with van der Waals surface area (Å²) in [6, 6.07) is 1.98. The molecule has 2 bridgehead atoms. The van der Waals surface area contributed by atoms with Gasteiger partial charge in [-0.1, -0.05) is 27.7 Å². The van der Waals surface area contributed by atoms with E-state index >= 15 is 17.6 Å². The second-order valence-electron chi connectivity index (χ2n) is 13.6. The Balaban J connectivity index is 1.61. The van der Waals surface area contributed by atoms with Crippen molar-refractivity contribution in [3.05, 3.63) is 23.9 Å².